The van der Waals surface area contributed by atoms with Crippen molar-refractivity contribution in [2.75, 3.05) is 51.3 Å². The van der Waals surface area contributed by atoms with Crippen LogP contribution in [0.3, 0.4) is 0 Å². The Labute approximate surface area is 361 Å². The number of imide groups is 2. The summed E-state index contributed by atoms with van der Waals surface area (Å²) in [7, 11) is 0. The number of morpholine rings is 1. The number of anilines is 1. The fourth-order valence-corrected chi connectivity index (χ4v) is 9.00. The third-order valence-corrected chi connectivity index (χ3v) is 12.5. The molecule has 326 valence electrons. The smallest absolute Gasteiger partial charge is 0.261 e. The minimum absolute atomic E-state index is 0.0356. The van der Waals surface area contributed by atoms with E-state index in [9.17, 15) is 24.0 Å². The van der Waals surface area contributed by atoms with Gasteiger partial charge in [0.1, 0.15) is 17.7 Å². The number of hydrogen-bond donors (Lipinski definition) is 2. The zero-order valence-corrected chi connectivity index (χ0v) is 34.7. The predicted molar refractivity (Wildman–Crippen MR) is 227 cm³/mol. The van der Waals surface area contributed by atoms with Gasteiger partial charge in [0.15, 0.2) is 0 Å². The first kappa shape index (κ1) is 41.9. The predicted octanol–water partition coefficient (Wildman–Crippen LogP) is 5.05. The molecular formula is C46H47F2N9O6. The molecule has 0 spiro atoms. The maximum atomic E-state index is 15.4. The summed E-state index contributed by atoms with van der Waals surface area (Å²) in [6.07, 6.45) is 8.67. The number of ether oxygens (including phenoxy) is 1. The number of carbonyl (C=O) groups excluding carboxylic acids is 5. The Kier molecular flexibility index (Phi) is 12.0. The van der Waals surface area contributed by atoms with E-state index in [0.29, 0.717) is 110 Å². The molecule has 2 N–H and O–H groups in total. The van der Waals surface area contributed by atoms with Crippen LogP contribution in [0.25, 0.3) is 33.4 Å². The van der Waals surface area contributed by atoms with Crippen LogP contribution in [0.4, 0.5) is 14.5 Å². The number of likely N-dealkylation sites (tertiary alicyclic amines) is 1. The molecule has 5 aromatic rings. The Morgan fingerprint density at radius 1 is 0.889 bits per heavy atom. The highest BCUT2D eigenvalue weighted by Gasteiger charge is 2.42. The molecule has 4 aliphatic rings. The number of benzene rings is 3. The lowest BCUT2D eigenvalue weighted by atomic mass is 9.93. The first-order valence-electron chi connectivity index (χ1n) is 21.5. The van der Waals surface area contributed by atoms with Crippen molar-refractivity contribution in [3.05, 3.63) is 95.4 Å². The third kappa shape index (κ3) is 8.80. The SMILES string of the molecule is O=C1CCC(N2C(=O)Cc3c(NCCCCC(=O)N4CCC(n5cc(-c6cnc7cccc(-c8cc(F)c(CN9CCOCC9)c(F)c8)c7n6)cn5)CC4)cccc3C2=O)C(=O)N1. The Hall–Kier alpha value is -6.46. The second-order valence-electron chi connectivity index (χ2n) is 16.5. The van der Waals surface area contributed by atoms with Crippen molar-refractivity contribution in [2.45, 2.75) is 70.0 Å². The van der Waals surface area contributed by atoms with Gasteiger partial charge in [-0.1, -0.05) is 18.2 Å². The van der Waals surface area contributed by atoms with Crippen LogP contribution in [0.15, 0.2) is 67.1 Å². The van der Waals surface area contributed by atoms with Gasteiger partial charge in [0.2, 0.25) is 23.6 Å². The van der Waals surface area contributed by atoms with E-state index in [2.05, 4.69) is 20.7 Å². The molecule has 3 fully saturated rings. The number of para-hydroxylation sites is 1. The van der Waals surface area contributed by atoms with Crippen LogP contribution in [-0.2, 0) is 36.9 Å². The first-order valence-corrected chi connectivity index (χ1v) is 21.5. The summed E-state index contributed by atoms with van der Waals surface area (Å²) in [5, 5.41) is 10.2. The van der Waals surface area contributed by atoms with Crippen LogP contribution in [0.2, 0.25) is 0 Å². The monoisotopic (exact) mass is 859 g/mol. The maximum Gasteiger partial charge on any atom is 0.261 e. The number of fused-ring (bicyclic) bond motifs is 2. The van der Waals surface area contributed by atoms with Crippen LogP contribution < -0.4 is 10.6 Å². The zero-order chi connectivity index (χ0) is 43.6. The minimum atomic E-state index is -1.01. The molecule has 6 heterocycles. The second kappa shape index (κ2) is 18.1. The summed E-state index contributed by atoms with van der Waals surface area (Å²) in [5.74, 6) is -3.21. The molecule has 3 aromatic carbocycles. The minimum Gasteiger partial charge on any atom is -0.385 e. The molecule has 2 aromatic heterocycles. The van der Waals surface area contributed by atoms with Gasteiger partial charge in [0.25, 0.3) is 5.91 Å². The number of nitrogens with one attached hydrogen (secondary N) is 2. The fraction of sp³-hybridized carbons (Fsp3) is 0.391. The average Bonchev–Trinajstić information content (AvgIpc) is 3.79. The molecule has 0 saturated carbocycles. The highest BCUT2D eigenvalue weighted by molar-refractivity contribution is 6.14. The van der Waals surface area contributed by atoms with Crippen LogP contribution in [0.1, 0.15) is 72.5 Å². The summed E-state index contributed by atoms with van der Waals surface area (Å²) in [5.41, 5.74) is 5.04. The van der Waals surface area contributed by atoms with Crippen molar-refractivity contribution < 1.29 is 37.5 Å². The Balaban J connectivity index is 0.765. The molecule has 15 nitrogen and oxygen atoms in total. The number of carbonyl (C=O) groups is 5. The molecule has 9 rings (SSSR count). The van der Waals surface area contributed by atoms with Crippen LogP contribution >= 0.6 is 0 Å². The molecule has 0 bridgehead atoms. The lowest BCUT2D eigenvalue weighted by Gasteiger charge is -2.35. The number of piperidine rings is 2. The lowest BCUT2D eigenvalue weighted by molar-refractivity contribution is -0.143. The van der Waals surface area contributed by atoms with Gasteiger partial charge in [-0.25, -0.2) is 13.8 Å². The van der Waals surface area contributed by atoms with E-state index in [1.165, 1.54) is 12.1 Å². The van der Waals surface area contributed by atoms with Gasteiger partial charge >= 0.3 is 0 Å². The van der Waals surface area contributed by atoms with E-state index >= 15 is 8.78 Å². The molecular weight excluding hydrogens is 813 g/mol. The molecule has 17 heteroatoms. The van der Waals surface area contributed by atoms with E-state index in [-0.39, 0.29) is 43.3 Å². The van der Waals surface area contributed by atoms with Gasteiger partial charge in [-0.3, -0.25) is 48.8 Å². The topological polar surface area (TPSA) is 172 Å². The van der Waals surface area contributed by atoms with Gasteiger partial charge in [0, 0.05) is 86.2 Å². The Bertz CT molecular complexity index is 2580. The van der Waals surface area contributed by atoms with Crippen LogP contribution in [0.5, 0.6) is 0 Å². The van der Waals surface area contributed by atoms with Crippen LogP contribution in [-0.4, -0.2) is 116 Å². The fourth-order valence-electron chi connectivity index (χ4n) is 9.00. The molecule has 63 heavy (non-hydrogen) atoms. The van der Waals surface area contributed by atoms with Crippen molar-refractivity contribution >= 4 is 46.3 Å². The summed E-state index contributed by atoms with van der Waals surface area (Å²) >= 11 is 0. The number of amides is 5. The highest BCUT2D eigenvalue weighted by Crippen LogP contribution is 2.33. The third-order valence-electron chi connectivity index (χ3n) is 12.5. The number of halogens is 2. The number of hydrogen-bond acceptors (Lipinski definition) is 11. The van der Waals surface area contributed by atoms with Crippen molar-refractivity contribution in [1.82, 2.24) is 39.8 Å². The number of nitrogens with zero attached hydrogens (tertiary/aromatic N) is 7. The van der Waals surface area contributed by atoms with Gasteiger partial charge in [-0.2, -0.15) is 5.10 Å². The summed E-state index contributed by atoms with van der Waals surface area (Å²) in [6, 6.07) is 12.4. The maximum absolute atomic E-state index is 15.4. The lowest BCUT2D eigenvalue weighted by Crippen LogP contribution is -2.58. The molecule has 5 amide bonds. The first-order chi connectivity index (χ1) is 30.6. The largest absolute Gasteiger partial charge is 0.385 e. The van der Waals surface area contributed by atoms with Crippen molar-refractivity contribution in [3.63, 3.8) is 0 Å². The Morgan fingerprint density at radius 3 is 2.43 bits per heavy atom. The van der Waals surface area contributed by atoms with E-state index in [1.54, 1.807) is 36.7 Å². The van der Waals surface area contributed by atoms with Gasteiger partial charge < -0.3 is 15.0 Å². The van der Waals surface area contributed by atoms with Crippen molar-refractivity contribution in [3.8, 4) is 22.4 Å². The molecule has 1 atom stereocenters. The number of rotatable bonds is 12. The Morgan fingerprint density at radius 2 is 1.65 bits per heavy atom. The molecule has 0 radical (unpaired) electrons. The summed E-state index contributed by atoms with van der Waals surface area (Å²) in [6.45, 7) is 4.23. The summed E-state index contributed by atoms with van der Waals surface area (Å²) in [4.78, 5) is 78.1. The average molecular weight is 860 g/mol. The molecule has 3 saturated heterocycles. The van der Waals surface area contributed by atoms with Gasteiger partial charge in [-0.05, 0) is 73.6 Å². The van der Waals surface area contributed by atoms with Gasteiger partial charge in [-0.15, -0.1) is 0 Å². The van der Waals surface area contributed by atoms with E-state index < -0.39 is 41.3 Å². The molecule has 0 aliphatic carbocycles. The van der Waals surface area contributed by atoms with E-state index in [0.717, 1.165) is 23.3 Å². The quantitative estimate of drug-likeness (QED) is 0.127. The zero-order valence-electron chi connectivity index (χ0n) is 34.7. The number of unbranched alkanes of at least 4 members (excludes halogenated alkanes) is 1. The standard InChI is InChI=1S/C46H47F2N9O6/c47-35-21-28(22-36(48)34(35)27-54-17-19-63-20-18-54)31-5-3-8-38-44(31)52-39(25-50-38)29-24-51-56(26-29)30-12-15-55(16-13-30)42(59)9-1-2-14-49-37-7-4-6-32-33(37)23-43(60)57(46(32)62)40-10-11-41(58)53-45(40)61/h3-8,21-22,24-26,30,40,49H,1-2,9-20,23,27H2,(H,53,58,61). The van der Waals surface area contributed by atoms with E-state index in [1.807, 2.05) is 32.8 Å². The van der Waals surface area contributed by atoms with Crippen molar-refractivity contribution in [2.24, 2.45) is 0 Å². The number of aromatic nitrogens is 4. The van der Waals surface area contributed by atoms with Gasteiger partial charge in [0.05, 0.1) is 54.8 Å². The van der Waals surface area contributed by atoms with E-state index in [4.69, 9.17) is 9.72 Å². The second-order valence-corrected chi connectivity index (χ2v) is 16.5. The highest BCUT2D eigenvalue weighted by atomic mass is 19.1. The van der Waals surface area contributed by atoms with Crippen LogP contribution in [0, 0.1) is 11.6 Å². The van der Waals surface area contributed by atoms with Crippen molar-refractivity contribution in [1.29, 1.82) is 0 Å². The summed E-state index contributed by atoms with van der Waals surface area (Å²) < 4.78 is 38.1. The normalized spacial score (nSPS) is 18.8. The molecule has 4 aliphatic heterocycles. The molecule has 1 unspecified atom stereocenters.